The molecule has 0 aliphatic carbocycles. The topological polar surface area (TPSA) is 117 Å². The normalized spacial score (nSPS) is 12.5. The minimum absolute atomic E-state index is 0.00300. The minimum Gasteiger partial charge on any atom is -0.344 e. The van der Waals surface area contributed by atoms with E-state index in [0.29, 0.717) is 36.0 Å². The molecule has 0 saturated heterocycles. The van der Waals surface area contributed by atoms with E-state index in [0.717, 1.165) is 10.3 Å². The predicted molar refractivity (Wildman–Crippen MR) is 108 cm³/mol. The first-order valence-corrected chi connectivity index (χ1v) is 9.19. The number of hydrogen-bond donors (Lipinski definition) is 1. The lowest BCUT2D eigenvalue weighted by molar-refractivity contribution is 0.629. The van der Waals surface area contributed by atoms with Crippen LogP contribution in [-0.4, -0.2) is 48.3 Å². The van der Waals surface area contributed by atoms with Crippen LogP contribution in [0.25, 0.3) is 11.2 Å². The summed E-state index contributed by atoms with van der Waals surface area (Å²) in [6.07, 6.45) is 1.61. The standard InChI is InChI=1S/C18H26N8O2/c1-6-25-14-15(22-17(25)23(4)9-11(2)19)24(5)18(28)26(16(14)27)10-13-20-8-7-12(3)21-13/h7-8,11H,6,9-10,19H2,1-5H3. The van der Waals surface area contributed by atoms with Crippen LogP contribution in [0.3, 0.4) is 0 Å². The maximum Gasteiger partial charge on any atom is 0.332 e. The van der Waals surface area contributed by atoms with Crippen molar-refractivity contribution in [1.29, 1.82) is 0 Å². The van der Waals surface area contributed by atoms with Gasteiger partial charge in [0.15, 0.2) is 11.2 Å². The lowest BCUT2D eigenvalue weighted by Gasteiger charge is -2.20. The first-order chi connectivity index (χ1) is 13.2. The fourth-order valence-corrected chi connectivity index (χ4v) is 3.32. The highest BCUT2D eigenvalue weighted by molar-refractivity contribution is 5.74. The molecule has 10 heteroatoms. The minimum atomic E-state index is -0.454. The summed E-state index contributed by atoms with van der Waals surface area (Å²) < 4.78 is 4.36. The maximum atomic E-state index is 13.2. The number of imidazole rings is 1. The van der Waals surface area contributed by atoms with Crippen molar-refractivity contribution in [3.05, 3.63) is 44.6 Å². The Morgan fingerprint density at radius 1 is 1.25 bits per heavy atom. The van der Waals surface area contributed by atoms with Gasteiger partial charge in [0.25, 0.3) is 5.56 Å². The van der Waals surface area contributed by atoms with E-state index in [-0.39, 0.29) is 12.6 Å². The summed E-state index contributed by atoms with van der Waals surface area (Å²) in [6, 6.07) is 1.70. The Balaban J connectivity index is 2.23. The molecule has 0 aliphatic rings. The van der Waals surface area contributed by atoms with Gasteiger partial charge in [-0.3, -0.25) is 13.9 Å². The van der Waals surface area contributed by atoms with Crippen LogP contribution >= 0.6 is 0 Å². The highest BCUT2D eigenvalue weighted by atomic mass is 16.2. The number of nitrogens with zero attached hydrogens (tertiary/aromatic N) is 7. The summed E-state index contributed by atoms with van der Waals surface area (Å²) in [5.41, 5.74) is 6.55. The van der Waals surface area contributed by atoms with Gasteiger partial charge in [-0.2, -0.15) is 4.98 Å². The molecule has 3 aromatic rings. The molecule has 0 saturated carbocycles. The van der Waals surface area contributed by atoms with Crippen LogP contribution in [-0.2, 0) is 20.1 Å². The average molecular weight is 386 g/mol. The number of likely N-dealkylation sites (N-methyl/N-ethyl adjacent to an activating group) is 1. The Labute approximate surface area is 162 Å². The van der Waals surface area contributed by atoms with Crippen molar-refractivity contribution in [3.63, 3.8) is 0 Å². The molecule has 1 atom stereocenters. The van der Waals surface area contributed by atoms with Crippen molar-refractivity contribution < 1.29 is 0 Å². The van der Waals surface area contributed by atoms with E-state index >= 15 is 0 Å². The monoisotopic (exact) mass is 386 g/mol. The molecule has 0 radical (unpaired) electrons. The van der Waals surface area contributed by atoms with E-state index in [1.165, 1.54) is 4.57 Å². The third-order valence-corrected chi connectivity index (χ3v) is 4.58. The Kier molecular flexibility index (Phi) is 5.32. The zero-order valence-corrected chi connectivity index (χ0v) is 16.9. The zero-order chi connectivity index (χ0) is 20.6. The lowest BCUT2D eigenvalue weighted by atomic mass is 10.3. The third kappa shape index (κ3) is 3.42. The molecular weight excluding hydrogens is 360 g/mol. The van der Waals surface area contributed by atoms with Crippen molar-refractivity contribution in [2.75, 3.05) is 18.5 Å². The Morgan fingerprint density at radius 2 is 1.96 bits per heavy atom. The molecule has 0 bridgehead atoms. The van der Waals surface area contributed by atoms with Crippen LogP contribution in [0.15, 0.2) is 21.9 Å². The second-order valence-corrected chi connectivity index (χ2v) is 7.03. The van der Waals surface area contributed by atoms with Gasteiger partial charge in [0, 0.05) is 45.1 Å². The number of aryl methyl sites for hydroxylation is 3. The van der Waals surface area contributed by atoms with E-state index in [1.54, 1.807) is 19.3 Å². The summed E-state index contributed by atoms with van der Waals surface area (Å²) in [6.45, 7) is 6.78. The summed E-state index contributed by atoms with van der Waals surface area (Å²) >= 11 is 0. The van der Waals surface area contributed by atoms with Crippen LogP contribution in [0.5, 0.6) is 0 Å². The Hall–Kier alpha value is -3.01. The van der Waals surface area contributed by atoms with E-state index in [4.69, 9.17) is 5.73 Å². The summed E-state index contributed by atoms with van der Waals surface area (Å²) in [5, 5.41) is 0. The molecule has 1 unspecified atom stereocenters. The van der Waals surface area contributed by atoms with Crippen molar-refractivity contribution in [3.8, 4) is 0 Å². The van der Waals surface area contributed by atoms with Gasteiger partial charge < -0.3 is 15.2 Å². The molecule has 3 aromatic heterocycles. The second-order valence-electron chi connectivity index (χ2n) is 7.03. The van der Waals surface area contributed by atoms with Gasteiger partial charge in [0.1, 0.15) is 5.82 Å². The summed E-state index contributed by atoms with van der Waals surface area (Å²) in [7, 11) is 3.48. The molecule has 28 heavy (non-hydrogen) atoms. The van der Waals surface area contributed by atoms with Gasteiger partial charge in [0.2, 0.25) is 5.95 Å². The van der Waals surface area contributed by atoms with Crippen molar-refractivity contribution in [1.82, 2.24) is 28.7 Å². The molecule has 0 amide bonds. The highest BCUT2D eigenvalue weighted by Crippen LogP contribution is 2.18. The lowest BCUT2D eigenvalue weighted by Crippen LogP contribution is -2.40. The SMILES string of the molecule is CCn1c(N(C)CC(C)N)nc2c1c(=O)n(Cc1nccc(C)n1)c(=O)n2C. The van der Waals surface area contributed by atoms with E-state index < -0.39 is 11.2 Å². The molecule has 0 aromatic carbocycles. The van der Waals surface area contributed by atoms with Gasteiger partial charge in [-0.25, -0.2) is 14.8 Å². The van der Waals surface area contributed by atoms with Gasteiger partial charge >= 0.3 is 5.69 Å². The van der Waals surface area contributed by atoms with Crippen molar-refractivity contribution >= 4 is 17.1 Å². The quantitative estimate of drug-likeness (QED) is 0.626. The third-order valence-electron chi connectivity index (χ3n) is 4.58. The summed E-state index contributed by atoms with van der Waals surface area (Å²) in [4.78, 5) is 41.0. The zero-order valence-electron chi connectivity index (χ0n) is 16.9. The Bertz CT molecular complexity index is 1130. The van der Waals surface area contributed by atoms with Crippen LogP contribution in [0.2, 0.25) is 0 Å². The van der Waals surface area contributed by atoms with Crippen LogP contribution in [0, 0.1) is 6.92 Å². The van der Waals surface area contributed by atoms with Crippen LogP contribution < -0.4 is 21.9 Å². The molecule has 0 aliphatic heterocycles. The molecule has 0 spiro atoms. The van der Waals surface area contributed by atoms with Crippen LogP contribution in [0.4, 0.5) is 5.95 Å². The molecule has 3 heterocycles. The van der Waals surface area contributed by atoms with Gasteiger partial charge in [0.05, 0.1) is 6.54 Å². The average Bonchev–Trinajstić information content (AvgIpc) is 3.03. The number of aromatic nitrogens is 6. The molecule has 2 N–H and O–H groups in total. The maximum absolute atomic E-state index is 13.2. The van der Waals surface area contributed by atoms with Crippen molar-refractivity contribution in [2.24, 2.45) is 12.8 Å². The molecule has 3 rings (SSSR count). The first-order valence-electron chi connectivity index (χ1n) is 9.19. The largest absolute Gasteiger partial charge is 0.344 e. The number of anilines is 1. The van der Waals surface area contributed by atoms with Gasteiger partial charge in [-0.05, 0) is 26.8 Å². The summed E-state index contributed by atoms with van der Waals surface area (Å²) in [5.74, 6) is 1.02. The fourth-order valence-electron chi connectivity index (χ4n) is 3.32. The van der Waals surface area contributed by atoms with E-state index in [9.17, 15) is 9.59 Å². The number of fused-ring (bicyclic) bond motifs is 1. The number of hydrogen-bond acceptors (Lipinski definition) is 7. The van der Waals surface area contributed by atoms with Crippen molar-refractivity contribution in [2.45, 2.75) is 39.9 Å². The smallest absolute Gasteiger partial charge is 0.332 e. The van der Waals surface area contributed by atoms with Gasteiger partial charge in [-0.1, -0.05) is 0 Å². The van der Waals surface area contributed by atoms with Crippen LogP contribution in [0.1, 0.15) is 25.4 Å². The fraction of sp³-hybridized carbons (Fsp3) is 0.500. The molecular formula is C18H26N8O2. The van der Waals surface area contributed by atoms with E-state index in [1.807, 2.05) is 37.3 Å². The molecule has 0 fully saturated rings. The first kappa shape index (κ1) is 19.7. The predicted octanol–water partition coefficient (Wildman–Crippen LogP) is -0.153. The molecule has 10 nitrogen and oxygen atoms in total. The second kappa shape index (κ2) is 7.55. The van der Waals surface area contributed by atoms with Gasteiger partial charge in [-0.15, -0.1) is 0 Å². The molecule has 150 valence electrons. The number of rotatable bonds is 6. The Morgan fingerprint density at radius 3 is 2.57 bits per heavy atom. The number of nitrogens with two attached hydrogens (primary N) is 1. The highest BCUT2D eigenvalue weighted by Gasteiger charge is 2.22. The van der Waals surface area contributed by atoms with E-state index in [2.05, 4.69) is 15.0 Å².